The zero-order chi connectivity index (χ0) is 16.8. The van der Waals surface area contributed by atoms with Gasteiger partial charge in [-0.25, -0.2) is 0 Å². The summed E-state index contributed by atoms with van der Waals surface area (Å²) >= 11 is 1.97. The molecule has 2 aromatic rings. The lowest BCUT2D eigenvalue weighted by atomic mass is 10.0. The second-order valence-electron chi connectivity index (χ2n) is 6.38. The molecule has 1 fully saturated rings. The van der Waals surface area contributed by atoms with Gasteiger partial charge in [0, 0.05) is 28.5 Å². The third kappa shape index (κ3) is 4.14. The van der Waals surface area contributed by atoms with Crippen LogP contribution in [0.2, 0.25) is 0 Å². The molecule has 0 aliphatic heterocycles. The lowest BCUT2D eigenvalue weighted by Gasteiger charge is -2.20. The summed E-state index contributed by atoms with van der Waals surface area (Å²) in [7, 11) is 0. The Labute approximate surface area is 147 Å². The minimum atomic E-state index is -0.126. The number of thioether (sulfide) groups is 1. The third-order valence-electron chi connectivity index (χ3n) is 4.59. The van der Waals surface area contributed by atoms with Crippen molar-refractivity contribution < 1.29 is 9.21 Å². The highest BCUT2D eigenvalue weighted by Crippen LogP contribution is 2.34. The van der Waals surface area contributed by atoms with E-state index in [-0.39, 0.29) is 5.91 Å². The molecule has 1 saturated carbocycles. The van der Waals surface area contributed by atoms with E-state index in [0.717, 1.165) is 28.7 Å². The number of nitrogens with one attached hydrogen (secondary N) is 1. The van der Waals surface area contributed by atoms with Crippen LogP contribution < -0.4 is 11.1 Å². The van der Waals surface area contributed by atoms with Crippen LogP contribution in [0.25, 0.3) is 11.0 Å². The highest BCUT2D eigenvalue weighted by molar-refractivity contribution is 7.99. The Morgan fingerprint density at radius 1 is 1.25 bits per heavy atom. The van der Waals surface area contributed by atoms with Crippen LogP contribution in [0.3, 0.4) is 0 Å². The molecule has 1 aliphatic rings. The van der Waals surface area contributed by atoms with Gasteiger partial charge in [-0.2, -0.15) is 11.8 Å². The molecule has 0 radical (unpaired) electrons. The summed E-state index contributed by atoms with van der Waals surface area (Å²) in [6.07, 6.45) is 7.38. The molecule has 0 bridgehead atoms. The molecule has 5 heteroatoms. The zero-order valence-electron chi connectivity index (χ0n) is 14.1. The number of nitrogens with two attached hydrogens (primary N) is 1. The second kappa shape index (κ2) is 8.58. The van der Waals surface area contributed by atoms with Gasteiger partial charge < -0.3 is 15.5 Å². The fraction of sp³-hybridized carbons (Fsp3) is 0.526. The number of hydrogen-bond acceptors (Lipinski definition) is 4. The molecule has 3 N–H and O–H groups in total. The lowest BCUT2D eigenvalue weighted by Crippen LogP contribution is -2.26. The van der Waals surface area contributed by atoms with Gasteiger partial charge in [0.25, 0.3) is 5.91 Å². The number of para-hydroxylation sites is 1. The van der Waals surface area contributed by atoms with E-state index in [9.17, 15) is 4.79 Å². The molecule has 3 rings (SSSR count). The molecule has 1 aromatic carbocycles. The molecule has 0 unspecified atom stereocenters. The van der Waals surface area contributed by atoms with E-state index in [1.54, 1.807) is 0 Å². The normalized spacial score (nSPS) is 15.7. The van der Waals surface area contributed by atoms with Crippen LogP contribution >= 0.6 is 11.8 Å². The summed E-state index contributed by atoms with van der Waals surface area (Å²) in [6.45, 7) is 1.16. The van der Waals surface area contributed by atoms with Gasteiger partial charge >= 0.3 is 0 Å². The highest BCUT2D eigenvalue weighted by atomic mass is 32.2. The number of rotatable bonds is 7. The minimum absolute atomic E-state index is 0.126. The number of carbonyl (C=O) groups is 1. The maximum absolute atomic E-state index is 12.5. The fourth-order valence-electron chi connectivity index (χ4n) is 3.24. The van der Waals surface area contributed by atoms with Gasteiger partial charge in [-0.05, 0) is 31.9 Å². The molecule has 24 heavy (non-hydrogen) atoms. The summed E-state index contributed by atoms with van der Waals surface area (Å²) in [6, 6.07) is 7.93. The number of amides is 1. The monoisotopic (exact) mass is 346 g/mol. The quantitative estimate of drug-likeness (QED) is 0.741. The van der Waals surface area contributed by atoms with Crippen molar-refractivity contribution >= 4 is 28.6 Å². The Morgan fingerprint density at radius 3 is 2.83 bits per heavy atom. The molecular formula is C19H26N2O2S. The summed E-state index contributed by atoms with van der Waals surface area (Å²) < 4.78 is 5.87. The van der Waals surface area contributed by atoms with Crippen molar-refractivity contribution in [1.82, 2.24) is 5.32 Å². The van der Waals surface area contributed by atoms with Crippen LogP contribution in [0.4, 0.5) is 0 Å². The SMILES string of the molecule is NCCCNC(=O)c1oc2ccccc2c1CSC1CCCCC1. The van der Waals surface area contributed by atoms with Crippen LogP contribution in [0, 0.1) is 0 Å². The summed E-state index contributed by atoms with van der Waals surface area (Å²) in [5.74, 6) is 1.18. The lowest BCUT2D eigenvalue weighted by molar-refractivity contribution is 0.0927. The van der Waals surface area contributed by atoms with Crippen molar-refractivity contribution in [1.29, 1.82) is 0 Å². The van der Waals surface area contributed by atoms with Gasteiger partial charge in [0.1, 0.15) is 5.58 Å². The Hall–Kier alpha value is -1.46. The van der Waals surface area contributed by atoms with Crippen molar-refractivity contribution in [2.75, 3.05) is 13.1 Å². The molecule has 4 nitrogen and oxygen atoms in total. The first-order valence-electron chi connectivity index (χ1n) is 8.90. The van der Waals surface area contributed by atoms with E-state index in [4.69, 9.17) is 10.2 Å². The molecular weight excluding hydrogens is 320 g/mol. The second-order valence-corrected chi connectivity index (χ2v) is 7.66. The van der Waals surface area contributed by atoms with Crippen molar-refractivity contribution in [3.05, 3.63) is 35.6 Å². The molecule has 0 spiro atoms. The number of benzene rings is 1. The highest BCUT2D eigenvalue weighted by Gasteiger charge is 2.22. The van der Waals surface area contributed by atoms with E-state index < -0.39 is 0 Å². The van der Waals surface area contributed by atoms with E-state index in [1.165, 1.54) is 32.1 Å². The van der Waals surface area contributed by atoms with Crippen molar-refractivity contribution in [2.24, 2.45) is 5.73 Å². The fourth-order valence-corrected chi connectivity index (χ4v) is 4.60. The van der Waals surface area contributed by atoms with E-state index >= 15 is 0 Å². The Balaban J connectivity index is 1.77. The van der Waals surface area contributed by atoms with Gasteiger partial charge in [-0.1, -0.05) is 37.5 Å². The summed E-state index contributed by atoms with van der Waals surface area (Å²) in [5, 5.41) is 4.69. The number of fused-ring (bicyclic) bond motifs is 1. The van der Waals surface area contributed by atoms with Gasteiger partial charge in [0.05, 0.1) is 0 Å². The average molecular weight is 346 g/mol. The predicted molar refractivity (Wildman–Crippen MR) is 100 cm³/mol. The first-order valence-corrected chi connectivity index (χ1v) is 9.94. The van der Waals surface area contributed by atoms with Gasteiger partial charge in [0.2, 0.25) is 0 Å². The van der Waals surface area contributed by atoms with Crippen LogP contribution in [0.5, 0.6) is 0 Å². The average Bonchev–Trinajstić information content (AvgIpc) is 3.00. The van der Waals surface area contributed by atoms with Crippen LogP contribution in [-0.2, 0) is 5.75 Å². The van der Waals surface area contributed by atoms with Gasteiger partial charge in [0.15, 0.2) is 5.76 Å². The molecule has 1 aliphatic carbocycles. The Kier molecular flexibility index (Phi) is 6.21. The summed E-state index contributed by atoms with van der Waals surface area (Å²) in [5.41, 5.74) is 7.32. The van der Waals surface area contributed by atoms with Crippen molar-refractivity contribution in [2.45, 2.75) is 49.5 Å². The first-order chi connectivity index (χ1) is 11.8. The summed E-state index contributed by atoms with van der Waals surface area (Å²) in [4.78, 5) is 12.5. The Bertz CT molecular complexity index is 677. The van der Waals surface area contributed by atoms with Crippen molar-refractivity contribution in [3.8, 4) is 0 Å². The number of hydrogen-bond donors (Lipinski definition) is 2. The standard InChI is InChI=1S/C19H26N2O2S/c20-11-6-12-21-19(22)18-16(13-24-14-7-2-1-3-8-14)15-9-4-5-10-17(15)23-18/h4-5,9-10,14H,1-3,6-8,11-13,20H2,(H,21,22). The molecule has 1 heterocycles. The topological polar surface area (TPSA) is 68.3 Å². The van der Waals surface area contributed by atoms with E-state index in [1.807, 2.05) is 36.0 Å². The number of furan rings is 1. The zero-order valence-corrected chi connectivity index (χ0v) is 14.9. The van der Waals surface area contributed by atoms with Crippen LogP contribution in [0.1, 0.15) is 54.6 Å². The predicted octanol–water partition coefficient (Wildman–Crippen LogP) is 4.08. The van der Waals surface area contributed by atoms with Gasteiger partial charge in [-0.15, -0.1) is 0 Å². The molecule has 1 aromatic heterocycles. The number of carbonyl (C=O) groups excluding carboxylic acids is 1. The van der Waals surface area contributed by atoms with E-state index in [0.29, 0.717) is 24.1 Å². The smallest absolute Gasteiger partial charge is 0.287 e. The molecule has 0 saturated heterocycles. The molecule has 0 atom stereocenters. The molecule has 1 amide bonds. The van der Waals surface area contributed by atoms with Gasteiger partial charge in [-0.3, -0.25) is 4.79 Å². The van der Waals surface area contributed by atoms with Crippen LogP contribution in [-0.4, -0.2) is 24.2 Å². The van der Waals surface area contributed by atoms with Crippen LogP contribution in [0.15, 0.2) is 28.7 Å². The van der Waals surface area contributed by atoms with E-state index in [2.05, 4.69) is 5.32 Å². The minimum Gasteiger partial charge on any atom is -0.451 e. The maximum Gasteiger partial charge on any atom is 0.287 e. The largest absolute Gasteiger partial charge is 0.451 e. The Morgan fingerprint density at radius 2 is 2.04 bits per heavy atom. The third-order valence-corrected chi connectivity index (χ3v) is 5.98. The molecule has 130 valence electrons. The van der Waals surface area contributed by atoms with Crippen molar-refractivity contribution in [3.63, 3.8) is 0 Å². The first kappa shape index (κ1) is 17.4. The maximum atomic E-state index is 12.5.